The van der Waals surface area contributed by atoms with Crippen LogP contribution in [0.15, 0.2) is 23.8 Å². The van der Waals surface area contributed by atoms with Crippen molar-refractivity contribution in [2.45, 2.75) is 84.3 Å². The first-order chi connectivity index (χ1) is 9.68. The molecule has 0 N–H and O–H groups in total. The topological polar surface area (TPSA) is 9.23 Å². The molecule has 22 heavy (non-hydrogen) atoms. The fourth-order valence-corrected chi connectivity index (χ4v) is 10.5. The molecule has 0 fully saturated rings. The third-order valence-electron chi connectivity index (χ3n) is 5.15. The average molecular weight is 431 g/mol. The second-order valence-electron chi connectivity index (χ2n) is 9.43. The zero-order valence-corrected chi connectivity index (χ0v) is 20.7. The van der Waals surface area contributed by atoms with Gasteiger partial charge < -0.3 is 0 Å². The Labute approximate surface area is 145 Å². The first-order valence-electron chi connectivity index (χ1n) is 8.63. The first-order valence-corrected chi connectivity index (χ1v) is 21.8. The monoisotopic (exact) mass is 432 g/mol. The van der Waals surface area contributed by atoms with E-state index in [2.05, 4.69) is 75.2 Å². The van der Waals surface area contributed by atoms with E-state index in [1.807, 2.05) is 0 Å². The minimum absolute atomic E-state index is 0.292. The summed E-state index contributed by atoms with van der Waals surface area (Å²) >= 11 is -1.90. The van der Waals surface area contributed by atoms with E-state index in [4.69, 9.17) is 4.43 Å². The van der Waals surface area contributed by atoms with Crippen molar-refractivity contribution < 1.29 is 4.43 Å². The summed E-state index contributed by atoms with van der Waals surface area (Å²) in [6, 6.07) is 0. The van der Waals surface area contributed by atoms with Gasteiger partial charge in [0.15, 0.2) is 0 Å². The maximum absolute atomic E-state index is 6.24. The van der Waals surface area contributed by atoms with Crippen molar-refractivity contribution in [1.29, 1.82) is 0 Å². The van der Waals surface area contributed by atoms with Gasteiger partial charge >= 0.3 is 146 Å². The molecule has 0 aliphatic rings. The van der Waals surface area contributed by atoms with Crippen LogP contribution < -0.4 is 0 Å². The minimum atomic E-state index is -1.90. The molecule has 0 aliphatic heterocycles. The van der Waals surface area contributed by atoms with E-state index in [0.717, 1.165) is 10.5 Å². The van der Waals surface area contributed by atoms with Gasteiger partial charge in [0.2, 0.25) is 0 Å². The van der Waals surface area contributed by atoms with E-state index in [9.17, 15) is 0 Å². The summed E-state index contributed by atoms with van der Waals surface area (Å²) < 4.78 is 7.03. The van der Waals surface area contributed by atoms with Gasteiger partial charge in [-0.2, -0.15) is 0 Å². The van der Waals surface area contributed by atoms with Crippen LogP contribution in [0.2, 0.25) is 36.9 Å². The summed E-state index contributed by atoms with van der Waals surface area (Å²) in [5, 5.41) is 0.292. The molecular weight excluding hydrogens is 391 g/mol. The third-order valence-corrected chi connectivity index (χ3v) is 17.8. The summed E-state index contributed by atoms with van der Waals surface area (Å²) in [5.41, 5.74) is 2.87. The molecule has 0 amide bonds. The van der Waals surface area contributed by atoms with Crippen LogP contribution in [-0.2, 0) is 4.43 Å². The second-order valence-corrected chi connectivity index (χ2v) is 29.7. The number of hydrogen-bond donors (Lipinski definition) is 0. The van der Waals surface area contributed by atoms with Gasteiger partial charge in [-0.15, -0.1) is 0 Å². The van der Waals surface area contributed by atoms with Crippen LogP contribution in [0, 0.1) is 0 Å². The summed E-state index contributed by atoms with van der Waals surface area (Å²) in [4.78, 5) is 7.56. The van der Waals surface area contributed by atoms with E-state index in [-0.39, 0.29) is 0 Å². The van der Waals surface area contributed by atoms with Crippen LogP contribution in [0.5, 0.6) is 0 Å². The fraction of sp³-hybridized carbons (Fsp3) is 0.789. The van der Waals surface area contributed by atoms with E-state index in [1.54, 1.807) is 0 Å². The standard InChI is InChI=1S/C16H31OSi.3CH3.Sn/c1-14(2)10-9-11-15(3)12-13-17-18(7,8)16(4,5)6;;;;/h10,12H,1,9,11,13H2,2-8H3;3*1H3;/b15-12+;;;;. The molecule has 0 aliphatic carbocycles. The Balaban J connectivity index is 4.50. The van der Waals surface area contributed by atoms with Gasteiger partial charge in [-0.25, -0.2) is 0 Å². The Hall–Kier alpha value is 0.456. The Morgan fingerprint density at radius 2 is 1.68 bits per heavy atom. The molecule has 1 nitrogen and oxygen atoms in total. The van der Waals surface area contributed by atoms with Crippen molar-refractivity contribution in [2.24, 2.45) is 0 Å². The van der Waals surface area contributed by atoms with Crippen molar-refractivity contribution in [3.8, 4) is 0 Å². The summed E-state index contributed by atoms with van der Waals surface area (Å²) in [6.07, 6.45) is 4.76. The number of allylic oxidation sites excluding steroid dienone is 2. The van der Waals surface area contributed by atoms with Crippen LogP contribution in [-0.4, -0.2) is 33.3 Å². The number of hydrogen-bond acceptors (Lipinski definition) is 1. The average Bonchev–Trinajstić information content (AvgIpc) is 2.24. The van der Waals surface area contributed by atoms with Crippen LogP contribution in [0.3, 0.4) is 0 Å². The van der Waals surface area contributed by atoms with Crippen molar-refractivity contribution in [2.75, 3.05) is 6.61 Å². The van der Waals surface area contributed by atoms with Gasteiger partial charge in [-0.1, -0.05) is 0 Å². The maximum atomic E-state index is 6.24. The predicted molar refractivity (Wildman–Crippen MR) is 108 cm³/mol. The molecule has 130 valence electrons. The van der Waals surface area contributed by atoms with E-state index < -0.39 is 26.7 Å². The van der Waals surface area contributed by atoms with Crippen molar-refractivity contribution in [1.82, 2.24) is 0 Å². The Bertz CT molecular complexity index is 397. The molecule has 0 saturated carbocycles. The second kappa shape index (κ2) is 8.52. The molecule has 0 rings (SSSR count). The molecular formula is C19H40OSiSn. The van der Waals surface area contributed by atoms with E-state index in [0.29, 0.717) is 5.04 Å². The van der Waals surface area contributed by atoms with Gasteiger partial charge in [-0.05, 0) is 0 Å². The van der Waals surface area contributed by atoms with E-state index in [1.165, 1.54) is 24.0 Å². The molecule has 0 saturated heterocycles. The SMILES string of the molecule is C=C(C)[CH](CC/C(C)=C/CO[Si](C)(C)C(C)(C)C)[Sn]([CH3])([CH3])[CH3]. The summed E-state index contributed by atoms with van der Waals surface area (Å²) in [7, 11) is -1.61. The zero-order chi connectivity index (χ0) is 17.8. The van der Waals surface area contributed by atoms with Crippen molar-refractivity contribution >= 4 is 26.7 Å². The molecule has 0 heterocycles. The van der Waals surface area contributed by atoms with Crippen molar-refractivity contribution in [3.05, 3.63) is 23.8 Å². The quantitative estimate of drug-likeness (QED) is 0.297. The van der Waals surface area contributed by atoms with Crippen LogP contribution in [0.25, 0.3) is 0 Å². The Morgan fingerprint density at radius 1 is 1.18 bits per heavy atom. The van der Waals surface area contributed by atoms with Crippen LogP contribution in [0.1, 0.15) is 47.5 Å². The third kappa shape index (κ3) is 7.83. The molecule has 1 unspecified atom stereocenters. The van der Waals surface area contributed by atoms with Gasteiger partial charge in [0, 0.05) is 0 Å². The molecule has 0 aromatic carbocycles. The number of rotatable bonds is 8. The summed E-state index contributed by atoms with van der Waals surface area (Å²) in [5.74, 6) is 0. The van der Waals surface area contributed by atoms with Gasteiger partial charge in [-0.3, -0.25) is 0 Å². The van der Waals surface area contributed by atoms with Gasteiger partial charge in [0.1, 0.15) is 0 Å². The summed E-state index contributed by atoms with van der Waals surface area (Å²) in [6.45, 7) is 21.0. The zero-order valence-electron chi connectivity index (χ0n) is 16.9. The normalized spacial score (nSPS) is 15.8. The van der Waals surface area contributed by atoms with Crippen LogP contribution >= 0.6 is 0 Å². The first kappa shape index (κ1) is 22.5. The van der Waals surface area contributed by atoms with Crippen LogP contribution in [0.4, 0.5) is 0 Å². The van der Waals surface area contributed by atoms with Gasteiger partial charge in [0.05, 0.1) is 0 Å². The molecule has 0 aromatic heterocycles. The molecule has 0 radical (unpaired) electrons. The molecule has 1 atom stereocenters. The van der Waals surface area contributed by atoms with Crippen molar-refractivity contribution in [3.63, 3.8) is 0 Å². The molecule has 3 heteroatoms. The Morgan fingerprint density at radius 3 is 2.05 bits per heavy atom. The molecule has 0 spiro atoms. The van der Waals surface area contributed by atoms with Gasteiger partial charge in [0.25, 0.3) is 0 Å². The molecule has 0 bridgehead atoms. The van der Waals surface area contributed by atoms with E-state index >= 15 is 0 Å². The fourth-order valence-electron chi connectivity index (χ4n) is 2.50. The Kier molecular flexibility index (Phi) is 8.70. The molecule has 0 aromatic rings. The predicted octanol–water partition coefficient (Wildman–Crippen LogP) is 7.02.